The molecule has 8 heteroatoms. The molecule has 158 valence electrons. The van der Waals surface area contributed by atoms with Crippen LogP contribution in [0.4, 0.5) is 11.4 Å². The zero-order valence-electron chi connectivity index (χ0n) is 17.0. The first kappa shape index (κ1) is 19.5. The van der Waals surface area contributed by atoms with E-state index in [9.17, 15) is 14.4 Å². The van der Waals surface area contributed by atoms with Crippen LogP contribution in [0, 0.1) is 0 Å². The molecular weight excluding hydrogens is 408 g/mol. The zero-order chi connectivity index (χ0) is 22.2. The van der Waals surface area contributed by atoms with Gasteiger partial charge in [-0.2, -0.15) is 9.78 Å². The van der Waals surface area contributed by atoms with Crippen LogP contribution in [-0.2, 0) is 4.79 Å². The van der Waals surface area contributed by atoms with E-state index in [1.54, 1.807) is 73.7 Å². The van der Waals surface area contributed by atoms with E-state index in [0.717, 1.165) is 0 Å². The Labute approximate surface area is 182 Å². The fraction of sp³-hybridized carbons (Fsp3) is 0.0833. The maximum Gasteiger partial charge on any atom is 0.279 e. The van der Waals surface area contributed by atoms with Crippen molar-refractivity contribution in [3.05, 3.63) is 88.8 Å². The summed E-state index contributed by atoms with van der Waals surface area (Å²) >= 11 is 0. The molecule has 0 bridgehead atoms. The van der Waals surface area contributed by atoms with Crippen molar-refractivity contribution >= 4 is 34.0 Å². The minimum absolute atomic E-state index is 0.107. The van der Waals surface area contributed by atoms with Crippen LogP contribution in [0.25, 0.3) is 16.5 Å². The second kappa shape index (κ2) is 7.66. The van der Waals surface area contributed by atoms with Gasteiger partial charge in [0.2, 0.25) is 0 Å². The summed E-state index contributed by atoms with van der Waals surface area (Å²) in [4.78, 5) is 38.1. The van der Waals surface area contributed by atoms with E-state index in [-0.39, 0.29) is 17.2 Å². The molecule has 0 saturated heterocycles. The minimum atomic E-state index is -0.586. The number of nitrogens with zero attached hydrogens (tertiary/aromatic N) is 2. The molecule has 2 amide bonds. The van der Waals surface area contributed by atoms with Crippen molar-refractivity contribution in [1.82, 2.24) is 9.78 Å². The average molecular weight is 426 g/mol. The molecule has 1 unspecified atom stereocenters. The maximum absolute atomic E-state index is 13.2. The number of fused-ring (bicyclic) bond motifs is 2. The van der Waals surface area contributed by atoms with Crippen molar-refractivity contribution in [3.8, 4) is 11.4 Å². The third-order valence-corrected chi connectivity index (χ3v) is 5.19. The number of rotatable bonds is 3. The standard InChI is InChI=1S/C24H18N4O4/c1-14-22(29)26-19-13-15(11-12-20(19)32-14)25-23(30)21-17-9-5-6-10-18(17)24(31)28(27-21)16-7-3-2-4-8-16/h2-14H,1H3,(H,25,30)(H,26,29). The third kappa shape index (κ3) is 3.37. The van der Waals surface area contributed by atoms with Gasteiger partial charge in [-0.15, -0.1) is 0 Å². The third-order valence-electron chi connectivity index (χ3n) is 5.19. The van der Waals surface area contributed by atoms with Gasteiger partial charge in [0.05, 0.1) is 16.8 Å². The molecule has 4 aromatic rings. The topological polar surface area (TPSA) is 102 Å². The molecule has 0 spiro atoms. The molecule has 0 fully saturated rings. The van der Waals surface area contributed by atoms with Gasteiger partial charge in [0.15, 0.2) is 11.8 Å². The van der Waals surface area contributed by atoms with Gasteiger partial charge < -0.3 is 15.4 Å². The quantitative estimate of drug-likeness (QED) is 0.523. The van der Waals surface area contributed by atoms with E-state index in [2.05, 4.69) is 15.7 Å². The second-order valence-electron chi connectivity index (χ2n) is 7.36. The molecule has 1 atom stereocenters. The number of hydrogen-bond donors (Lipinski definition) is 2. The van der Waals surface area contributed by atoms with E-state index in [0.29, 0.717) is 33.6 Å². The van der Waals surface area contributed by atoms with Gasteiger partial charge in [0.25, 0.3) is 17.4 Å². The summed E-state index contributed by atoms with van der Waals surface area (Å²) in [6.45, 7) is 1.66. The Morgan fingerprint density at radius 1 is 1.00 bits per heavy atom. The molecule has 0 radical (unpaired) electrons. The summed E-state index contributed by atoms with van der Waals surface area (Å²) in [6, 6.07) is 20.7. The summed E-state index contributed by atoms with van der Waals surface area (Å²) in [6.07, 6.45) is -0.586. The van der Waals surface area contributed by atoms with Crippen LogP contribution >= 0.6 is 0 Å². The summed E-state index contributed by atoms with van der Waals surface area (Å²) in [7, 11) is 0. The highest BCUT2D eigenvalue weighted by Crippen LogP contribution is 2.32. The lowest BCUT2D eigenvalue weighted by atomic mass is 10.1. The van der Waals surface area contributed by atoms with E-state index in [1.807, 2.05) is 6.07 Å². The lowest BCUT2D eigenvalue weighted by Crippen LogP contribution is -2.34. The van der Waals surface area contributed by atoms with Gasteiger partial charge in [-0.25, -0.2) is 0 Å². The van der Waals surface area contributed by atoms with Crippen molar-refractivity contribution in [1.29, 1.82) is 0 Å². The van der Waals surface area contributed by atoms with Crippen molar-refractivity contribution in [2.24, 2.45) is 0 Å². The Hall–Kier alpha value is -4.46. The number of para-hydroxylation sites is 1. The number of carbonyl (C=O) groups is 2. The molecule has 0 aliphatic carbocycles. The Morgan fingerprint density at radius 3 is 2.50 bits per heavy atom. The number of ether oxygens (including phenoxy) is 1. The van der Waals surface area contributed by atoms with Crippen LogP contribution in [0.1, 0.15) is 17.4 Å². The van der Waals surface area contributed by atoms with Crippen molar-refractivity contribution < 1.29 is 14.3 Å². The Kier molecular flexibility index (Phi) is 4.67. The molecule has 1 aliphatic heterocycles. The number of benzene rings is 3. The predicted molar refractivity (Wildman–Crippen MR) is 120 cm³/mol. The van der Waals surface area contributed by atoms with Gasteiger partial charge in [0.1, 0.15) is 5.75 Å². The molecule has 5 rings (SSSR count). The highest BCUT2D eigenvalue weighted by atomic mass is 16.5. The first-order valence-electron chi connectivity index (χ1n) is 10.0. The lowest BCUT2D eigenvalue weighted by molar-refractivity contribution is -0.122. The predicted octanol–water partition coefficient (Wildman–Crippen LogP) is 3.36. The number of anilines is 2. The number of carbonyl (C=O) groups excluding carboxylic acids is 2. The highest BCUT2D eigenvalue weighted by molar-refractivity contribution is 6.11. The molecule has 8 nitrogen and oxygen atoms in total. The van der Waals surface area contributed by atoms with Crippen LogP contribution in [0.5, 0.6) is 5.75 Å². The van der Waals surface area contributed by atoms with Gasteiger partial charge in [-0.3, -0.25) is 14.4 Å². The Morgan fingerprint density at radius 2 is 1.72 bits per heavy atom. The summed E-state index contributed by atoms with van der Waals surface area (Å²) in [5.41, 5.74) is 1.27. The van der Waals surface area contributed by atoms with Gasteiger partial charge >= 0.3 is 0 Å². The van der Waals surface area contributed by atoms with Crippen LogP contribution in [0.15, 0.2) is 77.6 Å². The van der Waals surface area contributed by atoms with Crippen LogP contribution in [0.3, 0.4) is 0 Å². The van der Waals surface area contributed by atoms with E-state index >= 15 is 0 Å². The smallest absolute Gasteiger partial charge is 0.279 e. The first-order chi connectivity index (χ1) is 15.5. The Balaban J connectivity index is 1.56. The fourth-order valence-corrected chi connectivity index (χ4v) is 3.58. The van der Waals surface area contributed by atoms with Crippen molar-refractivity contribution in [3.63, 3.8) is 0 Å². The summed E-state index contributed by atoms with van der Waals surface area (Å²) < 4.78 is 6.77. The minimum Gasteiger partial charge on any atom is -0.479 e. The van der Waals surface area contributed by atoms with Crippen LogP contribution in [-0.4, -0.2) is 27.7 Å². The van der Waals surface area contributed by atoms with E-state index in [4.69, 9.17) is 4.74 Å². The fourth-order valence-electron chi connectivity index (χ4n) is 3.58. The summed E-state index contributed by atoms with van der Waals surface area (Å²) in [5.74, 6) is -0.220. The average Bonchev–Trinajstić information content (AvgIpc) is 2.81. The molecule has 2 heterocycles. The number of aromatic nitrogens is 2. The normalized spacial score (nSPS) is 14.9. The SMILES string of the molecule is CC1Oc2ccc(NC(=O)c3nn(-c4ccccc4)c(=O)c4ccccc34)cc2NC1=O. The van der Waals surface area contributed by atoms with Gasteiger partial charge in [-0.1, -0.05) is 36.4 Å². The van der Waals surface area contributed by atoms with Crippen molar-refractivity contribution in [2.45, 2.75) is 13.0 Å². The number of hydrogen-bond acceptors (Lipinski definition) is 5. The van der Waals surface area contributed by atoms with Crippen molar-refractivity contribution in [2.75, 3.05) is 10.6 Å². The van der Waals surface area contributed by atoms with Gasteiger partial charge in [0, 0.05) is 11.1 Å². The monoisotopic (exact) mass is 426 g/mol. The molecule has 32 heavy (non-hydrogen) atoms. The largest absolute Gasteiger partial charge is 0.479 e. The van der Waals surface area contributed by atoms with E-state index in [1.165, 1.54) is 4.68 Å². The van der Waals surface area contributed by atoms with Gasteiger partial charge in [-0.05, 0) is 43.3 Å². The first-order valence-corrected chi connectivity index (χ1v) is 10.0. The molecule has 1 aliphatic rings. The molecule has 1 aromatic heterocycles. The molecule has 2 N–H and O–H groups in total. The van der Waals surface area contributed by atoms with E-state index < -0.39 is 12.0 Å². The Bertz CT molecular complexity index is 1430. The second-order valence-corrected chi connectivity index (χ2v) is 7.36. The highest BCUT2D eigenvalue weighted by Gasteiger charge is 2.24. The zero-order valence-corrected chi connectivity index (χ0v) is 17.0. The maximum atomic E-state index is 13.2. The summed E-state index contributed by atoms with van der Waals surface area (Å²) in [5, 5.41) is 10.8. The molecule has 0 saturated carbocycles. The van der Waals surface area contributed by atoms with Crippen LogP contribution in [0.2, 0.25) is 0 Å². The number of amides is 2. The van der Waals surface area contributed by atoms with Crippen LogP contribution < -0.4 is 20.9 Å². The number of nitrogens with one attached hydrogen (secondary N) is 2. The molecule has 3 aromatic carbocycles. The molecular formula is C24H18N4O4. The lowest BCUT2D eigenvalue weighted by Gasteiger charge is -2.23.